The van der Waals surface area contributed by atoms with Crippen molar-refractivity contribution in [1.29, 1.82) is 0 Å². The van der Waals surface area contributed by atoms with Gasteiger partial charge in [-0.3, -0.25) is 24.2 Å². The van der Waals surface area contributed by atoms with E-state index in [1.54, 1.807) is 0 Å². The smallest absolute Gasteiger partial charge is 0.308 e. The first-order valence-electron chi connectivity index (χ1n) is 10.2. The van der Waals surface area contributed by atoms with Gasteiger partial charge in [0.05, 0.1) is 39.3 Å². The largest absolute Gasteiger partial charge is 0.469 e. The quantitative estimate of drug-likeness (QED) is 0.544. The number of nitrogens with zero attached hydrogens (tertiary/aromatic N) is 4. The van der Waals surface area contributed by atoms with Gasteiger partial charge in [0.2, 0.25) is 11.8 Å². The highest BCUT2D eigenvalue weighted by Crippen LogP contribution is 2.18. The maximum Gasteiger partial charge on any atom is 0.308 e. The van der Waals surface area contributed by atoms with E-state index >= 15 is 0 Å². The van der Waals surface area contributed by atoms with E-state index in [4.69, 9.17) is 9.47 Å². The number of hydrogen-bond acceptors (Lipinski definition) is 7. The van der Waals surface area contributed by atoms with Crippen LogP contribution in [-0.2, 0) is 23.9 Å². The molecule has 3 heterocycles. The molecule has 0 spiro atoms. The predicted molar refractivity (Wildman–Crippen MR) is 102 cm³/mol. The maximum absolute atomic E-state index is 12.6. The Hall–Kier alpha value is -1.71. The first kappa shape index (κ1) is 21.0. The lowest BCUT2D eigenvalue weighted by molar-refractivity contribution is -0.149. The van der Waals surface area contributed by atoms with Gasteiger partial charge in [-0.15, -0.1) is 0 Å². The summed E-state index contributed by atoms with van der Waals surface area (Å²) in [4.78, 5) is 44.6. The van der Waals surface area contributed by atoms with Crippen LogP contribution in [0.2, 0.25) is 0 Å². The molecular formula is C19H32N4O5. The average molecular weight is 396 g/mol. The molecule has 0 bridgehead atoms. The number of piperidine rings is 1. The Morgan fingerprint density at radius 3 is 1.82 bits per heavy atom. The SMILES string of the molecule is COC(=O)C1CCN(C(=O)CN2CCN(C(=O)CN3CCOCC3)CC2)CC1. The number of carbonyl (C=O) groups excluding carboxylic acids is 3. The summed E-state index contributed by atoms with van der Waals surface area (Å²) in [6.45, 7) is 7.85. The summed E-state index contributed by atoms with van der Waals surface area (Å²) in [5, 5.41) is 0. The molecule has 3 fully saturated rings. The Morgan fingerprint density at radius 1 is 0.786 bits per heavy atom. The normalized spacial score (nSPS) is 22.9. The fraction of sp³-hybridized carbons (Fsp3) is 0.842. The van der Waals surface area contributed by atoms with Gasteiger partial charge in [0.1, 0.15) is 0 Å². The monoisotopic (exact) mass is 396 g/mol. The molecule has 3 aliphatic rings. The number of morpholine rings is 1. The summed E-state index contributed by atoms with van der Waals surface area (Å²) < 4.78 is 10.1. The van der Waals surface area contributed by atoms with Crippen LogP contribution in [-0.4, -0.2) is 123 Å². The van der Waals surface area contributed by atoms with Crippen LogP contribution < -0.4 is 0 Å². The third-order valence-electron chi connectivity index (χ3n) is 5.93. The second-order valence-corrected chi connectivity index (χ2v) is 7.72. The lowest BCUT2D eigenvalue weighted by Gasteiger charge is -2.37. The van der Waals surface area contributed by atoms with Gasteiger partial charge < -0.3 is 19.3 Å². The molecule has 3 aliphatic heterocycles. The minimum absolute atomic E-state index is 0.0879. The molecule has 0 aliphatic carbocycles. The lowest BCUT2D eigenvalue weighted by Crippen LogP contribution is -2.54. The van der Waals surface area contributed by atoms with Crippen molar-refractivity contribution in [2.75, 3.05) is 85.8 Å². The lowest BCUT2D eigenvalue weighted by atomic mass is 9.97. The molecule has 0 N–H and O–H groups in total. The van der Waals surface area contributed by atoms with Gasteiger partial charge >= 0.3 is 5.97 Å². The molecule has 9 nitrogen and oxygen atoms in total. The minimum Gasteiger partial charge on any atom is -0.469 e. The Balaban J connectivity index is 1.35. The van der Waals surface area contributed by atoms with E-state index < -0.39 is 0 Å². The van der Waals surface area contributed by atoms with Gasteiger partial charge in [0.25, 0.3) is 0 Å². The molecule has 158 valence electrons. The van der Waals surface area contributed by atoms with Crippen molar-refractivity contribution in [3.8, 4) is 0 Å². The van der Waals surface area contributed by atoms with E-state index in [0.29, 0.717) is 65.3 Å². The van der Waals surface area contributed by atoms with E-state index in [-0.39, 0.29) is 23.7 Å². The average Bonchev–Trinajstić information content (AvgIpc) is 2.74. The third-order valence-corrected chi connectivity index (χ3v) is 5.93. The van der Waals surface area contributed by atoms with E-state index in [0.717, 1.165) is 26.2 Å². The summed E-state index contributed by atoms with van der Waals surface area (Å²) in [6.07, 6.45) is 1.34. The minimum atomic E-state index is -0.176. The number of likely N-dealkylation sites (tertiary alicyclic amines) is 1. The number of hydrogen-bond donors (Lipinski definition) is 0. The molecule has 0 aromatic rings. The number of amides is 2. The molecule has 2 amide bonds. The topological polar surface area (TPSA) is 82.6 Å². The number of methoxy groups -OCH3 is 1. The number of ether oxygens (including phenoxy) is 2. The Bertz CT molecular complexity index is 551. The number of piperazine rings is 1. The molecule has 0 unspecified atom stereocenters. The highest BCUT2D eigenvalue weighted by Gasteiger charge is 2.30. The van der Waals surface area contributed by atoms with Crippen LogP contribution in [0.15, 0.2) is 0 Å². The van der Waals surface area contributed by atoms with Crippen LogP contribution in [0, 0.1) is 5.92 Å². The highest BCUT2D eigenvalue weighted by atomic mass is 16.5. The summed E-state index contributed by atoms with van der Waals surface area (Å²) in [5.41, 5.74) is 0. The maximum atomic E-state index is 12.6. The van der Waals surface area contributed by atoms with Crippen molar-refractivity contribution in [1.82, 2.24) is 19.6 Å². The Kier molecular flexibility index (Phi) is 7.64. The van der Waals surface area contributed by atoms with Crippen LogP contribution in [0.25, 0.3) is 0 Å². The standard InChI is InChI=1S/C19H32N4O5/c1-27-19(26)16-2-4-22(5-3-16)17(24)14-20-6-8-23(9-7-20)18(25)15-21-10-12-28-13-11-21/h16H,2-15H2,1H3. The van der Waals surface area contributed by atoms with Crippen LogP contribution >= 0.6 is 0 Å². The molecule has 9 heteroatoms. The zero-order valence-electron chi connectivity index (χ0n) is 16.8. The summed E-state index contributed by atoms with van der Waals surface area (Å²) in [6, 6.07) is 0. The molecule has 3 rings (SSSR count). The van der Waals surface area contributed by atoms with Crippen LogP contribution in [0.3, 0.4) is 0 Å². The second-order valence-electron chi connectivity index (χ2n) is 7.72. The van der Waals surface area contributed by atoms with Crippen molar-refractivity contribution >= 4 is 17.8 Å². The fourth-order valence-corrected chi connectivity index (χ4v) is 4.03. The Morgan fingerprint density at radius 2 is 1.29 bits per heavy atom. The number of rotatable bonds is 5. The summed E-state index contributed by atoms with van der Waals surface area (Å²) in [5.74, 6) is 0.00853. The molecular weight excluding hydrogens is 364 g/mol. The molecule has 28 heavy (non-hydrogen) atoms. The second kappa shape index (κ2) is 10.2. The van der Waals surface area contributed by atoms with Crippen molar-refractivity contribution in [2.24, 2.45) is 5.92 Å². The van der Waals surface area contributed by atoms with Crippen molar-refractivity contribution in [3.05, 3.63) is 0 Å². The molecule has 0 saturated carbocycles. The van der Waals surface area contributed by atoms with Gasteiger partial charge in [-0.1, -0.05) is 0 Å². The van der Waals surface area contributed by atoms with E-state index in [9.17, 15) is 14.4 Å². The van der Waals surface area contributed by atoms with E-state index in [2.05, 4.69) is 9.80 Å². The molecule has 0 atom stereocenters. The molecule has 0 aromatic heterocycles. The van der Waals surface area contributed by atoms with Gasteiger partial charge in [-0.05, 0) is 12.8 Å². The van der Waals surface area contributed by atoms with Crippen molar-refractivity contribution in [2.45, 2.75) is 12.8 Å². The Labute approximate surface area is 166 Å². The fourth-order valence-electron chi connectivity index (χ4n) is 4.03. The van der Waals surface area contributed by atoms with Crippen molar-refractivity contribution < 1.29 is 23.9 Å². The molecule has 0 aromatic carbocycles. The van der Waals surface area contributed by atoms with Gasteiger partial charge in [-0.2, -0.15) is 0 Å². The zero-order valence-corrected chi connectivity index (χ0v) is 16.8. The zero-order chi connectivity index (χ0) is 19.9. The predicted octanol–water partition coefficient (Wildman–Crippen LogP) is -1.13. The van der Waals surface area contributed by atoms with E-state index in [1.165, 1.54) is 7.11 Å². The molecule has 3 saturated heterocycles. The van der Waals surface area contributed by atoms with Crippen LogP contribution in [0.5, 0.6) is 0 Å². The third kappa shape index (κ3) is 5.65. The van der Waals surface area contributed by atoms with Gasteiger partial charge in [0, 0.05) is 52.4 Å². The summed E-state index contributed by atoms with van der Waals surface area (Å²) >= 11 is 0. The van der Waals surface area contributed by atoms with Crippen LogP contribution in [0.1, 0.15) is 12.8 Å². The first-order chi connectivity index (χ1) is 13.6. The van der Waals surface area contributed by atoms with Gasteiger partial charge in [-0.25, -0.2) is 0 Å². The van der Waals surface area contributed by atoms with Gasteiger partial charge in [0.15, 0.2) is 0 Å². The highest BCUT2D eigenvalue weighted by molar-refractivity contribution is 5.80. The first-order valence-corrected chi connectivity index (χ1v) is 10.2. The van der Waals surface area contributed by atoms with Crippen molar-refractivity contribution in [3.63, 3.8) is 0 Å². The van der Waals surface area contributed by atoms with E-state index in [1.807, 2.05) is 9.80 Å². The molecule has 0 radical (unpaired) electrons. The number of carbonyl (C=O) groups is 3. The van der Waals surface area contributed by atoms with Crippen LogP contribution in [0.4, 0.5) is 0 Å². The number of esters is 1. The summed E-state index contributed by atoms with van der Waals surface area (Å²) in [7, 11) is 1.41.